The Labute approximate surface area is 111 Å². The van der Waals surface area contributed by atoms with Crippen molar-refractivity contribution in [1.29, 1.82) is 0 Å². The summed E-state index contributed by atoms with van der Waals surface area (Å²) in [6.07, 6.45) is 0.970. The Bertz CT molecular complexity index is 350. The van der Waals surface area contributed by atoms with Gasteiger partial charge in [0.05, 0.1) is 11.7 Å². The molecule has 1 rings (SSSR count). The van der Waals surface area contributed by atoms with E-state index in [-0.39, 0.29) is 0 Å². The van der Waals surface area contributed by atoms with Crippen molar-refractivity contribution in [3.05, 3.63) is 35.4 Å². The Hall–Kier alpha value is -0.860. The zero-order chi connectivity index (χ0) is 13.8. The summed E-state index contributed by atoms with van der Waals surface area (Å²) < 4.78 is 0. The van der Waals surface area contributed by atoms with Crippen molar-refractivity contribution >= 4 is 0 Å². The van der Waals surface area contributed by atoms with E-state index >= 15 is 0 Å². The molecule has 0 aliphatic heterocycles. The fourth-order valence-corrected chi connectivity index (χ4v) is 2.17. The molecule has 0 amide bonds. The van der Waals surface area contributed by atoms with Crippen LogP contribution in [0, 0.1) is 0 Å². The maximum atomic E-state index is 10.3. The third-order valence-corrected chi connectivity index (χ3v) is 3.92. The maximum absolute atomic E-state index is 10.3. The number of hydrogen-bond donors (Lipinski definition) is 2. The second kappa shape index (κ2) is 6.35. The highest BCUT2D eigenvalue weighted by atomic mass is 16.3. The van der Waals surface area contributed by atoms with Gasteiger partial charge in [-0.2, -0.15) is 0 Å². The molecule has 2 heteroatoms. The first-order valence-electron chi connectivity index (χ1n) is 6.92. The van der Waals surface area contributed by atoms with Crippen molar-refractivity contribution in [3.63, 3.8) is 0 Å². The number of aliphatic hydroxyl groups is 2. The molecule has 1 aromatic carbocycles. The lowest BCUT2D eigenvalue weighted by Crippen LogP contribution is -2.42. The molecule has 1 aromatic rings. The van der Waals surface area contributed by atoms with Crippen molar-refractivity contribution in [1.82, 2.24) is 0 Å². The predicted molar refractivity (Wildman–Crippen MR) is 75.8 cm³/mol. The quantitative estimate of drug-likeness (QED) is 0.813. The normalized spacial score (nSPS) is 13.9. The summed E-state index contributed by atoms with van der Waals surface area (Å²) in [5.74, 6) is 0.521. The first-order chi connectivity index (χ1) is 8.42. The molecule has 2 nitrogen and oxygen atoms in total. The van der Waals surface area contributed by atoms with Crippen molar-refractivity contribution in [2.45, 2.75) is 64.6 Å². The summed E-state index contributed by atoms with van der Waals surface area (Å²) >= 11 is 0. The molecule has 0 aromatic heterocycles. The van der Waals surface area contributed by atoms with Gasteiger partial charge >= 0.3 is 0 Å². The highest BCUT2D eigenvalue weighted by Gasteiger charge is 2.31. The van der Waals surface area contributed by atoms with Gasteiger partial charge in [0, 0.05) is 6.42 Å². The molecule has 0 spiro atoms. The Morgan fingerprint density at radius 2 is 1.56 bits per heavy atom. The van der Waals surface area contributed by atoms with Crippen LogP contribution < -0.4 is 0 Å². The monoisotopic (exact) mass is 250 g/mol. The molecule has 0 aliphatic carbocycles. The highest BCUT2D eigenvalue weighted by molar-refractivity contribution is 5.25. The predicted octanol–water partition coefficient (Wildman–Crippen LogP) is 3.26. The number of aliphatic hydroxyl groups excluding tert-OH is 1. The lowest BCUT2D eigenvalue weighted by atomic mass is 9.86. The fraction of sp³-hybridized carbons (Fsp3) is 0.625. The van der Waals surface area contributed by atoms with E-state index in [0.717, 1.165) is 5.56 Å². The third-order valence-electron chi connectivity index (χ3n) is 3.92. The van der Waals surface area contributed by atoms with Crippen LogP contribution in [0.25, 0.3) is 0 Å². The van der Waals surface area contributed by atoms with Crippen molar-refractivity contribution in [2.75, 3.05) is 0 Å². The fourth-order valence-electron chi connectivity index (χ4n) is 2.17. The second-order valence-electron chi connectivity index (χ2n) is 5.43. The number of benzene rings is 1. The Kier molecular flexibility index (Phi) is 5.36. The summed E-state index contributed by atoms with van der Waals surface area (Å²) in [5.41, 5.74) is 1.41. The van der Waals surface area contributed by atoms with Crippen LogP contribution in [0.2, 0.25) is 0 Å². The van der Waals surface area contributed by atoms with Crippen molar-refractivity contribution < 1.29 is 10.2 Å². The molecule has 18 heavy (non-hydrogen) atoms. The summed E-state index contributed by atoms with van der Waals surface area (Å²) in [6.45, 7) is 8.15. The van der Waals surface area contributed by atoms with E-state index in [1.807, 2.05) is 26.0 Å². The molecule has 0 saturated heterocycles. The Morgan fingerprint density at radius 3 is 1.94 bits per heavy atom. The first-order valence-corrected chi connectivity index (χ1v) is 6.92. The van der Waals surface area contributed by atoms with Crippen LogP contribution in [0.4, 0.5) is 0 Å². The number of hydrogen-bond acceptors (Lipinski definition) is 2. The SMILES string of the molecule is CCC(O)(CC)C(O)Cc1ccc(C(C)C)cc1. The molecule has 0 radical (unpaired) electrons. The summed E-state index contributed by atoms with van der Waals surface area (Å²) in [7, 11) is 0. The van der Waals surface area contributed by atoms with Crippen LogP contribution in [0.5, 0.6) is 0 Å². The van der Waals surface area contributed by atoms with Gasteiger partial charge in [-0.05, 0) is 29.9 Å². The second-order valence-corrected chi connectivity index (χ2v) is 5.43. The van der Waals surface area contributed by atoms with Crippen molar-refractivity contribution in [3.8, 4) is 0 Å². The maximum Gasteiger partial charge on any atom is 0.0903 e. The van der Waals surface area contributed by atoms with Crippen LogP contribution in [0.15, 0.2) is 24.3 Å². The number of rotatable bonds is 6. The largest absolute Gasteiger partial charge is 0.390 e. The van der Waals surface area contributed by atoms with E-state index in [1.165, 1.54) is 5.56 Å². The van der Waals surface area contributed by atoms with Crippen molar-refractivity contribution in [2.24, 2.45) is 0 Å². The van der Waals surface area contributed by atoms with Crippen LogP contribution in [-0.2, 0) is 6.42 Å². The standard InChI is InChI=1S/C16H26O2/c1-5-16(18,6-2)15(17)11-13-7-9-14(10-8-13)12(3)4/h7-10,12,15,17-18H,5-6,11H2,1-4H3. The average molecular weight is 250 g/mol. The van der Waals surface area contributed by atoms with Crippen LogP contribution >= 0.6 is 0 Å². The van der Waals surface area contributed by atoms with Crippen LogP contribution in [-0.4, -0.2) is 21.9 Å². The zero-order valence-corrected chi connectivity index (χ0v) is 12.0. The van der Waals surface area contributed by atoms with E-state index in [9.17, 15) is 10.2 Å². The Balaban J connectivity index is 2.73. The van der Waals surface area contributed by atoms with Gasteiger partial charge in [-0.15, -0.1) is 0 Å². The Morgan fingerprint density at radius 1 is 1.06 bits per heavy atom. The average Bonchev–Trinajstić information content (AvgIpc) is 2.38. The molecular weight excluding hydrogens is 224 g/mol. The van der Waals surface area contributed by atoms with Gasteiger partial charge in [0.2, 0.25) is 0 Å². The van der Waals surface area contributed by atoms with E-state index in [1.54, 1.807) is 0 Å². The highest BCUT2D eigenvalue weighted by Crippen LogP contribution is 2.23. The molecule has 1 atom stereocenters. The topological polar surface area (TPSA) is 40.5 Å². The zero-order valence-electron chi connectivity index (χ0n) is 12.0. The molecule has 1 unspecified atom stereocenters. The van der Waals surface area contributed by atoms with Gasteiger partial charge in [0.25, 0.3) is 0 Å². The minimum atomic E-state index is -0.962. The van der Waals surface area contributed by atoms with Gasteiger partial charge in [-0.25, -0.2) is 0 Å². The minimum absolute atomic E-state index is 0.510. The molecule has 102 valence electrons. The van der Waals surface area contributed by atoms with E-state index in [4.69, 9.17) is 0 Å². The molecule has 0 bridgehead atoms. The van der Waals surface area contributed by atoms with Crippen LogP contribution in [0.1, 0.15) is 57.6 Å². The van der Waals surface area contributed by atoms with E-state index < -0.39 is 11.7 Å². The van der Waals surface area contributed by atoms with Gasteiger partial charge in [0.15, 0.2) is 0 Å². The summed E-state index contributed by atoms with van der Waals surface area (Å²) in [4.78, 5) is 0. The smallest absolute Gasteiger partial charge is 0.0903 e. The summed E-state index contributed by atoms with van der Waals surface area (Å²) in [6, 6.07) is 8.29. The lowest BCUT2D eigenvalue weighted by molar-refractivity contribution is -0.0790. The molecule has 0 fully saturated rings. The molecule has 0 saturated carbocycles. The van der Waals surface area contributed by atoms with E-state index in [2.05, 4.69) is 26.0 Å². The molecule has 2 N–H and O–H groups in total. The van der Waals surface area contributed by atoms with Gasteiger partial charge in [-0.1, -0.05) is 52.0 Å². The minimum Gasteiger partial charge on any atom is -0.390 e. The summed E-state index contributed by atoms with van der Waals surface area (Å²) in [5, 5.41) is 20.4. The van der Waals surface area contributed by atoms with Gasteiger partial charge in [0.1, 0.15) is 0 Å². The third kappa shape index (κ3) is 3.56. The molecular formula is C16H26O2. The molecule has 0 aliphatic rings. The van der Waals surface area contributed by atoms with Gasteiger partial charge in [-0.3, -0.25) is 0 Å². The first kappa shape index (κ1) is 15.2. The molecule has 0 heterocycles. The van der Waals surface area contributed by atoms with Crippen LogP contribution in [0.3, 0.4) is 0 Å². The van der Waals surface area contributed by atoms with E-state index in [0.29, 0.717) is 25.2 Å². The van der Waals surface area contributed by atoms with Gasteiger partial charge < -0.3 is 10.2 Å². The lowest BCUT2D eigenvalue weighted by Gasteiger charge is -2.31.